The number of carbonyl (C=O) groups is 2. The third-order valence-electron chi connectivity index (χ3n) is 3.69. The summed E-state index contributed by atoms with van der Waals surface area (Å²) in [6, 6.07) is 10.7. The van der Waals surface area contributed by atoms with Crippen LogP contribution in [0.1, 0.15) is 12.0 Å². The van der Waals surface area contributed by atoms with Gasteiger partial charge >= 0.3 is 5.97 Å². The molecule has 0 N–H and O–H groups in total. The summed E-state index contributed by atoms with van der Waals surface area (Å²) in [5.74, 6) is 0.587. The number of hydrogen-bond acceptors (Lipinski definition) is 6. The Morgan fingerprint density at radius 2 is 1.81 bits per heavy atom. The van der Waals surface area contributed by atoms with E-state index in [0.717, 1.165) is 5.56 Å². The molecule has 138 valence electrons. The number of amides is 1. The zero-order valence-corrected chi connectivity index (χ0v) is 14.9. The summed E-state index contributed by atoms with van der Waals surface area (Å²) < 4.78 is 15.3. The maximum atomic E-state index is 12.6. The van der Waals surface area contributed by atoms with E-state index in [-0.39, 0.29) is 31.4 Å². The van der Waals surface area contributed by atoms with E-state index in [1.807, 2.05) is 12.1 Å². The molecule has 0 radical (unpaired) electrons. The monoisotopic (exact) mass is 358 g/mol. The Kier molecular flexibility index (Phi) is 7.42. The van der Waals surface area contributed by atoms with Gasteiger partial charge in [0.05, 0.1) is 20.6 Å². The van der Waals surface area contributed by atoms with Crippen LogP contribution < -0.4 is 9.47 Å². The van der Waals surface area contributed by atoms with E-state index in [1.165, 1.54) is 7.11 Å². The summed E-state index contributed by atoms with van der Waals surface area (Å²) in [6.07, 6.45) is 3.43. The van der Waals surface area contributed by atoms with Crippen LogP contribution in [0.5, 0.6) is 11.5 Å². The number of esters is 1. The zero-order chi connectivity index (χ0) is 18.8. The van der Waals surface area contributed by atoms with E-state index in [0.29, 0.717) is 18.0 Å². The molecular formula is C19H22N2O5. The fraction of sp³-hybridized carbons (Fsp3) is 0.316. The average molecular weight is 358 g/mol. The van der Waals surface area contributed by atoms with Gasteiger partial charge in [-0.2, -0.15) is 0 Å². The molecule has 1 aromatic carbocycles. The molecule has 0 aliphatic heterocycles. The van der Waals surface area contributed by atoms with Crippen LogP contribution in [0.2, 0.25) is 0 Å². The first-order valence-electron chi connectivity index (χ1n) is 8.12. The molecule has 2 aromatic rings. The molecule has 0 aliphatic rings. The van der Waals surface area contributed by atoms with Crippen molar-refractivity contribution < 1.29 is 23.8 Å². The predicted octanol–water partition coefficient (Wildman–Crippen LogP) is 2.06. The highest BCUT2D eigenvalue weighted by Gasteiger charge is 2.17. The molecule has 0 saturated heterocycles. The van der Waals surface area contributed by atoms with Crippen LogP contribution in [0.25, 0.3) is 0 Å². The van der Waals surface area contributed by atoms with Crippen molar-refractivity contribution in [1.29, 1.82) is 0 Å². The van der Waals surface area contributed by atoms with Gasteiger partial charge in [0, 0.05) is 31.5 Å². The second-order valence-corrected chi connectivity index (χ2v) is 5.46. The summed E-state index contributed by atoms with van der Waals surface area (Å²) >= 11 is 0. The number of aromatic nitrogens is 1. The summed E-state index contributed by atoms with van der Waals surface area (Å²) in [6.45, 7) is 0.467. The van der Waals surface area contributed by atoms with Gasteiger partial charge in [-0.3, -0.25) is 14.6 Å². The minimum absolute atomic E-state index is 0.118. The number of nitrogens with zero attached hydrogens (tertiary/aromatic N) is 2. The molecule has 0 atom stereocenters. The van der Waals surface area contributed by atoms with E-state index < -0.39 is 0 Å². The van der Waals surface area contributed by atoms with Crippen molar-refractivity contribution in [2.45, 2.75) is 13.0 Å². The molecule has 0 spiro atoms. The molecule has 1 heterocycles. The summed E-state index contributed by atoms with van der Waals surface area (Å²) in [5.41, 5.74) is 0.916. The van der Waals surface area contributed by atoms with E-state index in [2.05, 4.69) is 9.72 Å². The fourth-order valence-corrected chi connectivity index (χ4v) is 2.26. The van der Waals surface area contributed by atoms with Gasteiger partial charge in [-0.1, -0.05) is 6.07 Å². The molecule has 7 heteroatoms. The van der Waals surface area contributed by atoms with Crippen LogP contribution >= 0.6 is 0 Å². The molecule has 26 heavy (non-hydrogen) atoms. The predicted molar refractivity (Wildman–Crippen MR) is 94.8 cm³/mol. The largest absolute Gasteiger partial charge is 0.497 e. The topological polar surface area (TPSA) is 78.0 Å². The van der Waals surface area contributed by atoms with Crippen LogP contribution in [-0.2, 0) is 20.9 Å². The third kappa shape index (κ3) is 6.08. The first kappa shape index (κ1) is 19.2. The first-order valence-corrected chi connectivity index (χ1v) is 8.12. The summed E-state index contributed by atoms with van der Waals surface area (Å²) in [5, 5.41) is 0. The molecule has 0 unspecified atom stereocenters. The number of pyridine rings is 1. The van der Waals surface area contributed by atoms with E-state index in [9.17, 15) is 9.59 Å². The Bertz CT molecular complexity index is 721. The average Bonchev–Trinajstić information content (AvgIpc) is 2.69. The Hall–Kier alpha value is -3.09. The summed E-state index contributed by atoms with van der Waals surface area (Å²) in [4.78, 5) is 29.5. The van der Waals surface area contributed by atoms with Gasteiger partial charge < -0.3 is 19.1 Å². The molecular weight excluding hydrogens is 336 g/mol. The van der Waals surface area contributed by atoms with Crippen molar-refractivity contribution in [3.8, 4) is 11.5 Å². The van der Waals surface area contributed by atoms with Crippen LogP contribution in [0.4, 0.5) is 0 Å². The minimum Gasteiger partial charge on any atom is -0.497 e. The van der Waals surface area contributed by atoms with Gasteiger partial charge in [-0.25, -0.2) is 0 Å². The normalized spacial score (nSPS) is 10.1. The highest BCUT2D eigenvalue weighted by atomic mass is 16.5. The van der Waals surface area contributed by atoms with E-state index in [4.69, 9.17) is 9.47 Å². The second-order valence-electron chi connectivity index (χ2n) is 5.46. The van der Waals surface area contributed by atoms with Gasteiger partial charge in [0.2, 0.25) is 0 Å². The number of benzene rings is 1. The Morgan fingerprint density at radius 1 is 1.08 bits per heavy atom. The van der Waals surface area contributed by atoms with Crippen molar-refractivity contribution in [3.05, 3.63) is 54.4 Å². The number of methoxy groups -OCH3 is 2. The zero-order valence-electron chi connectivity index (χ0n) is 14.9. The molecule has 0 aliphatic carbocycles. The number of carbonyl (C=O) groups excluding carboxylic acids is 2. The molecule has 0 fully saturated rings. The van der Waals surface area contributed by atoms with Gasteiger partial charge in [-0.15, -0.1) is 0 Å². The fourth-order valence-electron chi connectivity index (χ4n) is 2.26. The molecule has 0 bridgehead atoms. The summed E-state index contributed by atoms with van der Waals surface area (Å²) in [7, 11) is 2.89. The lowest BCUT2D eigenvalue weighted by Crippen LogP contribution is -2.36. The van der Waals surface area contributed by atoms with Crippen molar-refractivity contribution in [1.82, 2.24) is 9.88 Å². The lowest BCUT2D eigenvalue weighted by molar-refractivity contribution is -0.142. The second kappa shape index (κ2) is 10.0. The molecule has 2 rings (SSSR count). The van der Waals surface area contributed by atoms with Gasteiger partial charge in [-0.05, 0) is 29.8 Å². The molecule has 1 aromatic heterocycles. The lowest BCUT2D eigenvalue weighted by Gasteiger charge is -2.22. The van der Waals surface area contributed by atoms with Gasteiger partial charge in [0.15, 0.2) is 6.61 Å². The molecule has 7 nitrogen and oxygen atoms in total. The number of ether oxygens (including phenoxy) is 3. The molecule has 0 saturated carbocycles. The van der Waals surface area contributed by atoms with E-state index in [1.54, 1.807) is 48.7 Å². The van der Waals surface area contributed by atoms with Crippen LogP contribution in [0.15, 0.2) is 48.8 Å². The maximum absolute atomic E-state index is 12.6. The lowest BCUT2D eigenvalue weighted by atomic mass is 10.2. The van der Waals surface area contributed by atoms with Crippen molar-refractivity contribution in [3.63, 3.8) is 0 Å². The van der Waals surface area contributed by atoms with Crippen molar-refractivity contribution in [2.75, 3.05) is 27.4 Å². The van der Waals surface area contributed by atoms with Crippen LogP contribution in [-0.4, -0.2) is 49.1 Å². The van der Waals surface area contributed by atoms with Crippen molar-refractivity contribution in [2.24, 2.45) is 0 Å². The van der Waals surface area contributed by atoms with Gasteiger partial charge in [0.25, 0.3) is 5.91 Å². The van der Waals surface area contributed by atoms with Gasteiger partial charge in [0.1, 0.15) is 11.5 Å². The maximum Gasteiger partial charge on any atom is 0.307 e. The Balaban J connectivity index is 1.99. The smallest absolute Gasteiger partial charge is 0.307 e. The molecule has 1 amide bonds. The van der Waals surface area contributed by atoms with Crippen LogP contribution in [0, 0.1) is 0 Å². The highest BCUT2D eigenvalue weighted by Crippen LogP contribution is 2.19. The highest BCUT2D eigenvalue weighted by molar-refractivity contribution is 5.78. The number of rotatable bonds is 9. The SMILES string of the molecule is COC(=O)CCN(Cc1ccncc1)C(=O)COc1cccc(OC)c1. The quantitative estimate of drug-likeness (QED) is 0.639. The minimum atomic E-state index is -0.369. The van der Waals surface area contributed by atoms with E-state index >= 15 is 0 Å². The number of hydrogen-bond donors (Lipinski definition) is 0. The van der Waals surface area contributed by atoms with Crippen LogP contribution in [0.3, 0.4) is 0 Å². The first-order chi connectivity index (χ1) is 12.6. The third-order valence-corrected chi connectivity index (χ3v) is 3.69. The Labute approximate surface area is 152 Å². The van der Waals surface area contributed by atoms with Crippen molar-refractivity contribution >= 4 is 11.9 Å². The standard InChI is InChI=1S/C19H22N2O5/c1-24-16-4-3-5-17(12-16)26-14-18(22)21(11-8-19(23)25-2)13-15-6-9-20-10-7-15/h3-7,9-10,12H,8,11,13-14H2,1-2H3. The Morgan fingerprint density at radius 3 is 2.50 bits per heavy atom.